The fourth-order valence-electron chi connectivity index (χ4n) is 4.52. The number of aromatic nitrogens is 3. The Bertz CT molecular complexity index is 1550. The van der Waals surface area contributed by atoms with Gasteiger partial charge in [-0.3, -0.25) is 0 Å². The maximum atomic E-state index is 6.26. The molecule has 1 atom stereocenters. The number of anilines is 1. The van der Waals surface area contributed by atoms with Crippen LogP contribution < -0.4 is 15.2 Å². The van der Waals surface area contributed by atoms with Gasteiger partial charge in [-0.25, -0.2) is 9.97 Å². The lowest BCUT2D eigenvalue weighted by Crippen LogP contribution is -2.03. The molecule has 0 saturated carbocycles. The fraction of sp³-hybridized carbons (Fsp3) is 0.143. The van der Waals surface area contributed by atoms with Crippen LogP contribution in [0.3, 0.4) is 0 Å². The Morgan fingerprint density at radius 1 is 1.00 bits per heavy atom. The van der Waals surface area contributed by atoms with Crippen molar-refractivity contribution in [2.24, 2.45) is 0 Å². The third kappa shape index (κ3) is 4.12. The molecule has 0 saturated heterocycles. The van der Waals surface area contributed by atoms with Crippen molar-refractivity contribution in [2.75, 3.05) is 5.73 Å². The zero-order valence-corrected chi connectivity index (χ0v) is 20.3. The van der Waals surface area contributed by atoms with Gasteiger partial charge in [-0.2, -0.15) is 0 Å². The van der Waals surface area contributed by atoms with Crippen LogP contribution in [0.15, 0.2) is 79.1 Å². The largest absolute Gasteiger partial charge is 0.489 e. The fourth-order valence-corrected chi connectivity index (χ4v) is 4.64. The van der Waals surface area contributed by atoms with E-state index in [-0.39, 0.29) is 6.10 Å². The first-order valence-corrected chi connectivity index (χ1v) is 12.0. The van der Waals surface area contributed by atoms with Crippen molar-refractivity contribution in [3.63, 3.8) is 0 Å². The second kappa shape index (κ2) is 9.18. The molecule has 5 aromatic rings. The van der Waals surface area contributed by atoms with Crippen LogP contribution in [0.25, 0.3) is 16.7 Å². The predicted octanol–water partition coefficient (Wildman–Crippen LogP) is 6.62. The Balaban J connectivity index is 1.23. The molecular formula is C28H23ClN4O3. The van der Waals surface area contributed by atoms with E-state index in [0.29, 0.717) is 35.6 Å². The summed E-state index contributed by atoms with van der Waals surface area (Å²) in [6.07, 6.45) is 1.45. The lowest BCUT2D eigenvalue weighted by molar-refractivity contribution is 0.0783. The summed E-state index contributed by atoms with van der Waals surface area (Å²) in [7, 11) is 0. The highest BCUT2D eigenvalue weighted by Crippen LogP contribution is 2.41. The summed E-state index contributed by atoms with van der Waals surface area (Å²) in [6, 6.07) is 23.0. The van der Waals surface area contributed by atoms with E-state index in [4.69, 9.17) is 31.5 Å². The highest BCUT2D eigenvalue weighted by Gasteiger charge is 2.30. The van der Waals surface area contributed by atoms with Gasteiger partial charge in [0.05, 0.1) is 18.4 Å². The Morgan fingerprint density at radius 3 is 2.58 bits per heavy atom. The van der Waals surface area contributed by atoms with Gasteiger partial charge in [0.15, 0.2) is 5.82 Å². The Hall–Kier alpha value is -4.07. The van der Waals surface area contributed by atoms with Gasteiger partial charge in [0, 0.05) is 22.3 Å². The summed E-state index contributed by atoms with van der Waals surface area (Å²) in [4.78, 5) is 8.71. The van der Waals surface area contributed by atoms with E-state index in [1.165, 1.54) is 6.33 Å². The van der Waals surface area contributed by atoms with Crippen molar-refractivity contribution >= 4 is 28.5 Å². The number of fused-ring (bicyclic) bond motifs is 3. The van der Waals surface area contributed by atoms with Crippen LogP contribution in [0.1, 0.15) is 29.8 Å². The Morgan fingerprint density at radius 2 is 1.78 bits per heavy atom. The summed E-state index contributed by atoms with van der Waals surface area (Å²) < 4.78 is 20.0. The van der Waals surface area contributed by atoms with Gasteiger partial charge in [-0.05, 0) is 61.0 Å². The maximum Gasteiger partial charge on any atom is 0.151 e. The monoisotopic (exact) mass is 498 g/mol. The maximum absolute atomic E-state index is 6.26. The molecule has 0 amide bonds. The molecule has 3 aromatic carbocycles. The third-order valence-electron chi connectivity index (χ3n) is 6.24. The number of nitrogen functional groups attached to an aromatic ring is 1. The second-order valence-electron chi connectivity index (χ2n) is 8.59. The molecule has 7 nitrogen and oxygen atoms in total. The van der Waals surface area contributed by atoms with Crippen LogP contribution in [-0.4, -0.2) is 14.5 Å². The second-order valence-corrected chi connectivity index (χ2v) is 9.03. The molecule has 0 bridgehead atoms. The summed E-state index contributed by atoms with van der Waals surface area (Å²) >= 11 is 5.95. The molecule has 2 aromatic heterocycles. The Kier molecular flexibility index (Phi) is 5.71. The number of rotatable bonds is 6. The Labute approximate surface area is 213 Å². The van der Waals surface area contributed by atoms with Crippen molar-refractivity contribution in [1.29, 1.82) is 0 Å². The van der Waals surface area contributed by atoms with Crippen LogP contribution in [0.5, 0.6) is 17.2 Å². The van der Waals surface area contributed by atoms with E-state index in [1.54, 1.807) is 0 Å². The van der Waals surface area contributed by atoms with Crippen molar-refractivity contribution in [3.8, 4) is 22.9 Å². The van der Waals surface area contributed by atoms with Crippen molar-refractivity contribution < 1.29 is 14.2 Å². The molecule has 3 heterocycles. The van der Waals surface area contributed by atoms with Crippen LogP contribution in [0.4, 0.5) is 5.82 Å². The first-order chi connectivity index (χ1) is 17.6. The zero-order valence-electron chi connectivity index (χ0n) is 19.5. The first kappa shape index (κ1) is 22.4. The van der Waals surface area contributed by atoms with Gasteiger partial charge >= 0.3 is 0 Å². The molecule has 8 heteroatoms. The van der Waals surface area contributed by atoms with Gasteiger partial charge in [-0.1, -0.05) is 29.8 Å². The standard InChI is InChI=1S/C28H23ClN4O3/c1-17-25-24(15-34-17)33(27-26(25)31-16-32-28(27)30)20-9-11-21(12-10-20)36-23-4-2-3-22(13-23)35-14-18-5-7-19(29)8-6-18/h2-13,16-17H,14-15H2,1H3,(H2,30,31,32). The molecular weight excluding hydrogens is 476 g/mol. The number of ether oxygens (including phenoxy) is 3. The van der Waals surface area contributed by atoms with E-state index in [9.17, 15) is 0 Å². The van der Waals surface area contributed by atoms with E-state index >= 15 is 0 Å². The van der Waals surface area contributed by atoms with Crippen LogP contribution in [0.2, 0.25) is 5.02 Å². The van der Waals surface area contributed by atoms with Crippen molar-refractivity contribution in [2.45, 2.75) is 26.2 Å². The number of nitrogens with two attached hydrogens (primary N) is 1. The highest BCUT2D eigenvalue weighted by molar-refractivity contribution is 6.30. The molecule has 1 aliphatic heterocycles. The number of benzene rings is 3. The molecule has 0 radical (unpaired) electrons. The molecule has 2 N–H and O–H groups in total. The lowest BCUT2D eigenvalue weighted by atomic mass is 10.1. The van der Waals surface area contributed by atoms with Gasteiger partial charge in [0.2, 0.25) is 0 Å². The minimum Gasteiger partial charge on any atom is -0.489 e. The summed E-state index contributed by atoms with van der Waals surface area (Å²) in [5, 5.41) is 0.703. The van der Waals surface area contributed by atoms with Gasteiger partial charge in [0.25, 0.3) is 0 Å². The molecule has 36 heavy (non-hydrogen) atoms. The van der Waals surface area contributed by atoms with Gasteiger partial charge in [-0.15, -0.1) is 0 Å². The minimum atomic E-state index is -0.0464. The smallest absolute Gasteiger partial charge is 0.151 e. The minimum absolute atomic E-state index is 0.0464. The van der Waals surface area contributed by atoms with Crippen molar-refractivity contribution in [1.82, 2.24) is 14.5 Å². The molecule has 1 unspecified atom stereocenters. The topological polar surface area (TPSA) is 84.4 Å². The highest BCUT2D eigenvalue weighted by atomic mass is 35.5. The van der Waals surface area contributed by atoms with E-state index in [0.717, 1.165) is 39.3 Å². The van der Waals surface area contributed by atoms with Crippen LogP contribution in [0, 0.1) is 0 Å². The molecule has 0 fully saturated rings. The number of hydrogen-bond donors (Lipinski definition) is 1. The average molecular weight is 499 g/mol. The zero-order chi connectivity index (χ0) is 24.6. The normalized spacial score (nSPS) is 14.7. The van der Waals surface area contributed by atoms with E-state index < -0.39 is 0 Å². The van der Waals surface area contributed by atoms with Gasteiger partial charge in [0.1, 0.15) is 41.2 Å². The third-order valence-corrected chi connectivity index (χ3v) is 6.49. The van der Waals surface area contributed by atoms with E-state index in [2.05, 4.69) is 14.5 Å². The van der Waals surface area contributed by atoms with Crippen molar-refractivity contribution in [3.05, 3.63) is 101 Å². The van der Waals surface area contributed by atoms with Crippen LogP contribution >= 0.6 is 11.6 Å². The number of nitrogens with zero attached hydrogens (tertiary/aromatic N) is 3. The number of hydrogen-bond acceptors (Lipinski definition) is 6. The molecule has 180 valence electrons. The van der Waals surface area contributed by atoms with E-state index in [1.807, 2.05) is 79.7 Å². The summed E-state index contributed by atoms with van der Waals surface area (Å²) in [5.74, 6) is 2.55. The summed E-state index contributed by atoms with van der Waals surface area (Å²) in [5.41, 5.74) is 12.0. The van der Waals surface area contributed by atoms with Gasteiger partial charge < -0.3 is 24.5 Å². The lowest BCUT2D eigenvalue weighted by Gasteiger charge is -2.12. The molecule has 6 rings (SSSR count). The molecule has 1 aliphatic rings. The molecule has 0 aliphatic carbocycles. The average Bonchev–Trinajstić information content (AvgIpc) is 3.43. The SMILES string of the molecule is CC1OCc2c1c1ncnc(N)c1n2-c1ccc(Oc2cccc(OCc3ccc(Cl)cc3)c2)cc1. The first-order valence-electron chi connectivity index (χ1n) is 11.6. The molecule has 0 spiro atoms. The predicted molar refractivity (Wildman–Crippen MR) is 139 cm³/mol. The quantitative estimate of drug-likeness (QED) is 0.283. The van der Waals surface area contributed by atoms with Crippen LogP contribution in [-0.2, 0) is 18.0 Å². The summed E-state index contributed by atoms with van der Waals surface area (Å²) in [6.45, 7) is 2.96. The number of halogens is 1.